The number of aromatic carboxylic acids is 1. The van der Waals surface area contributed by atoms with E-state index in [1.54, 1.807) is 24.3 Å². The van der Waals surface area contributed by atoms with Crippen LogP contribution in [0, 0.1) is 0 Å². The van der Waals surface area contributed by atoms with E-state index < -0.39 is 32.3 Å². The van der Waals surface area contributed by atoms with Gasteiger partial charge in [0.25, 0.3) is 10.1 Å². The summed E-state index contributed by atoms with van der Waals surface area (Å²) < 4.78 is 32.9. The normalized spacial score (nSPS) is 11.8. The lowest BCUT2D eigenvalue weighted by Gasteiger charge is -2.09. The highest BCUT2D eigenvalue weighted by Gasteiger charge is 2.20. The SMILES string of the molecule is C=Cc1cc(S(=O)(=O)O)c(N=Nc2c(O)c(C(=O)O)cc3ccccc23)cc1Cl. The number of carboxylic acids is 1. The number of phenols is 1. The van der Waals surface area contributed by atoms with Gasteiger partial charge >= 0.3 is 5.97 Å². The minimum atomic E-state index is -4.68. The molecule has 0 saturated heterocycles. The van der Waals surface area contributed by atoms with E-state index in [1.165, 1.54) is 12.1 Å². The third kappa shape index (κ3) is 3.97. The van der Waals surface area contributed by atoms with Crippen LogP contribution in [0.4, 0.5) is 11.4 Å². The summed E-state index contributed by atoms with van der Waals surface area (Å²) in [4.78, 5) is 10.9. The molecule has 0 atom stereocenters. The van der Waals surface area contributed by atoms with Crippen LogP contribution in [0.25, 0.3) is 16.8 Å². The highest BCUT2D eigenvalue weighted by Crippen LogP contribution is 2.40. The monoisotopic (exact) mass is 432 g/mol. The van der Waals surface area contributed by atoms with Gasteiger partial charge in [-0.2, -0.15) is 8.42 Å². The molecule has 29 heavy (non-hydrogen) atoms. The molecule has 0 amide bonds. The van der Waals surface area contributed by atoms with Gasteiger partial charge in [0.1, 0.15) is 21.8 Å². The predicted molar refractivity (Wildman–Crippen MR) is 108 cm³/mol. The second-order valence-corrected chi connectivity index (χ2v) is 7.67. The van der Waals surface area contributed by atoms with Gasteiger partial charge in [-0.1, -0.05) is 48.5 Å². The largest absolute Gasteiger partial charge is 0.505 e. The van der Waals surface area contributed by atoms with Crippen LogP contribution < -0.4 is 0 Å². The first-order chi connectivity index (χ1) is 13.6. The van der Waals surface area contributed by atoms with E-state index in [0.29, 0.717) is 10.8 Å². The fourth-order valence-corrected chi connectivity index (χ4v) is 3.56. The first-order valence-electron chi connectivity index (χ1n) is 7.96. The van der Waals surface area contributed by atoms with Gasteiger partial charge in [0, 0.05) is 5.39 Å². The van der Waals surface area contributed by atoms with Crippen LogP contribution in [0.1, 0.15) is 15.9 Å². The molecule has 0 fully saturated rings. The second-order valence-electron chi connectivity index (χ2n) is 5.87. The summed E-state index contributed by atoms with van der Waals surface area (Å²) in [5.74, 6) is -2.01. The number of benzene rings is 3. The summed E-state index contributed by atoms with van der Waals surface area (Å²) in [5.41, 5.74) is -0.620. The lowest BCUT2D eigenvalue weighted by atomic mass is 10.0. The van der Waals surface area contributed by atoms with E-state index in [2.05, 4.69) is 16.8 Å². The maximum Gasteiger partial charge on any atom is 0.339 e. The standard InChI is InChI=1S/C19H13ClN2O6S/c1-2-10-8-16(29(26,27)28)15(9-14(10)20)21-22-17-12-6-4-3-5-11(12)7-13(18(17)23)19(24)25/h2-9,23H,1H2,(H,24,25)(H,26,27,28). The highest BCUT2D eigenvalue weighted by molar-refractivity contribution is 7.86. The average molecular weight is 433 g/mol. The van der Waals surface area contributed by atoms with Gasteiger partial charge in [-0.05, 0) is 29.1 Å². The van der Waals surface area contributed by atoms with Gasteiger partial charge in [-0.15, -0.1) is 10.2 Å². The Kier molecular flexibility index (Phi) is 5.38. The summed E-state index contributed by atoms with van der Waals surface area (Å²) in [5, 5.41) is 28.3. The number of nitrogens with zero attached hydrogens (tertiary/aromatic N) is 2. The zero-order chi connectivity index (χ0) is 21.3. The topological polar surface area (TPSA) is 137 Å². The molecule has 8 nitrogen and oxygen atoms in total. The minimum Gasteiger partial charge on any atom is -0.505 e. The lowest BCUT2D eigenvalue weighted by molar-refractivity contribution is 0.0694. The molecular weight excluding hydrogens is 420 g/mol. The van der Waals surface area contributed by atoms with Crippen LogP contribution in [0.2, 0.25) is 5.02 Å². The van der Waals surface area contributed by atoms with Crippen molar-refractivity contribution in [3.05, 3.63) is 65.2 Å². The Bertz CT molecular complexity index is 1300. The molecule has 3 aromatic rings. The molecule has 3 N–H and O–H groups in total. The molecule has 0 aromatic heterocycles. The van der Waals surface area contributed by atoms with Crippen LogP contribution >= 0.6 is 11.6 Å². The molecule has 10 heteroatoms. The Morgan fingerprint density at radius 3 is 2.45 bits per heavy atom. The van der Waals surface area contributed by atoms with E-state index in [-0.39, 0.29) is 22.0 Å². The molecule has 148 valence electrons. The van der Waals surface area contributed by atoms with Crippen LogP contribution in [0.3, 0.4) is 0 Å². The smallest absolute Gasteiger partial charge is 0.339 e. The first-order valence-corrected chi connectivity index (χ1v) is 9.78. The Balaban J connectivity index is 2.27. The van der Waals surface area contributed by atoms with Crippen molar-refractivity contribution in [2.75, 3.05) is 0 Å². The van der Waals surface area contributed by atoms with Crippen LogP contribution in [0.15, 0.2) is 64.2 Å². The Morgan fingerprint density at radius 2 is 1.83 bits per heavy atom. The average Bonchev–Trinajstić information content (AvgIpc) is 2.65. The molecule has 0 spiro atoms. The van der Waals surface area contributed by atoms with Gasteiger partial charge in [-0.3, -0.25) is 4.55 Å². The van der Waals surface area contributed by atoms with Gasteiger partial charge in [0.2, 0.25) is 0 Å². The zero-order valence-electron chi connectivity index (χ0n) is 14.6. The van der Waals surface area contributed by atoms with Crippen molar-refractivity contribution in [3.8, 4) is 5.75 Å². The van der Waals surface area contributed by atoms with Gasteiger partial charge < -0.3 is 10.2 Å². The zero-order valence-corrected chi connectivity index (χ0v) is 16.1. The summed E-state index contributed by atoms with van der Waals surface area (Å²) in [6, 6.07) is 10.1. The molecule has 0 heterocycles. The maximum absolute atomic E-state index is 11.7. The fraction of sp³-hybridized carbons (Fsp3) is 0. The van der Waals surface area contributed by atoms with Crippen LogP contribution in [0.5, 0.6) is 5.75 Å². The summed E-state index contributed by atoms with van der Waals surface area (Å²) >= 11 is 6.05. The molecule has 3 aromatic carbocycles. The molecular formula is C19H13ClN2O6S. The van der Waals surface area contributed by atoms with E-state index >= 15 is 0 Å². The molecule has 0 aliphatic rings. The Hall–Kier alpha value is -3.27. The Labute approximate surface area is 170 Å². The predicted octanol–water partition coefficient (Wildman–Crippen LogP) is 5.20. The number of halogens is 1. The van der Waals surface area contributed by atoms with Crippen molar-refractivity contribution in [1.29, 1.82) is 0 Å². The fourth-order valence-electron chi connectivity index (χ4n) is 2.69. The van der Waals surface area contributed by atoms with E-state index in [1.807, 2.05) is 0 Å². The maximum atomic E-state index is 11.7. The number of aromatic hydroxyl groups is 1. The highest BCUT2D eigenvalue weighted by atomic mass is 35.5. The van der Waals surface area contributed by atoms with Crippen molar-refractivity contribution in [2.45, 2.75) is 4.90 Å². The van der Waals surface area contributed by atoms with Crippen molar-refractivity contribution < 1.29 is 28.0 Å². The molecule has 0 radical (unpaired) electrons. The first kappa shape index (κ1) is 20.5. The second kappa shape index (κ2) is 7.63. The molecule has 0 saturated carbocycles. The number of azo groups is 1. The van der Waals surface area contributed by atoms with Crippen LogP contribution in [-0.2, 0) is 10.1 Å². The number of fused-ring (bicyclic) bond motifs is 1. The Morgan fingerprint density at radius 1 is 1.14 bits per heavy atom. The van der Waals surface area contributed by atoms with Gasteiger partial charge in [0.15, 0.2) is 5.75 Å². The number of rotatable bonds is 5. The molecule has 0 unspecified atom stereocenters. The van der Waals surface area contributed by atoms with Gasteiger partial charge in [0.05, 0.1) is 5.02 Å². The molecule has 0 aliphatic heterocycles. The third-order valence-electron chi connectivity index (χ3n) is 4.06. The summed E-state index contributed by atoms with van der Waals surface area (Å²) in [6.45, 7) is 3.51. The van der Waals surface area contributed by atoms with Gasteiger partial charge in [-0.25, -0.2) is 4.79 Å². The number of hydrogen-bond acceptors (Lipinski definition) is 6. The van der Waals surface area contributed by atoms with E-state index in [4.69, 9.17) is 11.6 Å². The quantitative estimate of drug-likeness (QED) is 0.374. The number of carbonyl (C=O) groups is 1. The molecule has 3 rings (SSSR count). The van der Waals surface area contributed by atoms with Crippen molar-refractivity contribution in [2.24, 2.45) is 10.2 Å². The lowest BCUT2D eigenvalue weighted by Crippen LogP contribution is -1.99. The summed E-state index contributed by atoms with van der Waals surface area (Å²) in [7, 11) is -4.68. The van der Waals surface area contributed by atoms with E-state index in [9.17, 15) is 28.0 Å². The van der Waals surface area contributed by atoms with Crippen molar-refractivity contribution >= 4 is 55.9 Å². The third-order valence-corrected chi connectivity index (χ3v) is 5.27. The number of hydrogen-bond donors (Lipinski definition) is 3. The van der Waals surface area contributed by atoms with Crippen LogP contribution in [-0.4, -0.2) is 29.2 Å². The summed E-state index contributed by atoms with van der Waals surface area (Å²) in [6.07, 6.45) is 1.30. The number of carboxylic acid groups (broad SMARTS) is 1. The molecule has 0 aliphatic carbocycles. The van der Waals surface area contributed by atoms with Crippen molar-refractivity contribution in [3.63, 3.8) is 0 Å². The minimum absolute atomic E-state index is 0.106. The van der Waals surface area contributed by atoms with E-state index in [0.717, 1.165) is 12.1 Å². The van der Waals surface area contributed by atoms with Crippen molar-refractivity contribution in [1.82, 2.24) is 0 Å². The molecule has 0 bridgehead atoms.